The van der Waals surface area contributed by atoms with Gasteiger partial charge >= 0.3 is 0 Å². The number of hydrogen-bond acceptors (Lipinski definition) is 2. The Bertz CT molecular complexity index is 300. The van der Waals surface area contributed by atoms with Crippen molar-refractivity contribution in [1.82, 2.24) is 0 Å². The SMILES string of the molecule is C[C@@H]1OC([C@@H](C)c2ccccc2)O[C@@H]1C. The van der Waals surface area contributed by atoms with Crippen LogP contribution in [0.4, 0.5) is 0 Å². The molecule has 1 aromatic carbocycles. The van der Waals surface area contributed by atoms with Crippen LogP contribution in [0.15, 0.2) is 30.3 Å². The summed E-state index contributed by atoms with van der Waals surface area (Å²) in [7, 11) is 0. The van der Waals surface area contributed by atoms with Gasteiger partial charge in [-0.15, -0.1) is 0 Å². The summed E-state index contributed by atoms with van der Waals surface area (Å²) >= 11 is 0. The first kappa shape index (κ1) is 10.7. The highest BCUT2D eigenvalue weighted by Crippen LogP contribution is 2.29. The fourth-order valence-electron chi connectivity index (χ4n) is 1.83. The standard InChI is InChI=1S/C13H18O2/c1-9(12-7-5-4-6-8-12)13-14-10(2)11(3)15-13/h4-11,13H,1-3H3/t9-,10-,11+,13?/m0/s1. The molecule has 1 heterocycles. The average molecular weight is 206 g/mol. The Labute approximate surface area is 91.2 Å². The van der Waals surface area contributed by atoms with Crippen LogP contribution in [0.5, 0.6) is 0 Å². The molecule has 0 aliphatic carbocycles. The molecule has 1 aliphatic rings. The molecule has 0 N–H and O–H groups in total. The summed E-state index contributed by atoms with van der Waals surface area (Å²) in [5.41, 5.74) is 1.27. The van der Waals surface area contributed by atoms with Crippen molar-refractivity contribution in [3.05, 3.63) is 35.9 Å². The molecule has 0 bridgehead atoms. The lowest BCUT2D eigenvalue weighted by atomic mass is 10.0. The third-order valence-corrected chi connectivity index (χ3v) is 3.09. The fourth-order valence-corrected chi connectivity index (χ4v) is 1.83. The molecule has 0 spiro atoms. The molecule has 1 aromatic rings. The monoisotopic (exact) mass is 206 g/mol. The number of benzene rings is 1. The minimum Gasteiger partial charge on any atom is -0.346 e. The van der Waals surface area contributed by atoms with Crippen LogP contribution < -0.4 is 0 Å². The van der Waals surface area contributed by atoms with E-state index in [0.29, 0.717) is 5.92 Å². The van der Waals surface area contributed by atoms with Gasteiger partial charge in [0.2, 0.25) is 0 Å². The fraction of sp³-hybridized carbons (Fsp3) is 0.538. The summed E-state index contributed by atoms with van der Waals surface area (Å²) in [5.74, 6) is 0.290. The predicted octanol–water partition coefficient (Wildman–Crippen LogP) is 2.94. The van der Waals surface area contributed by atoms with Crippen molar-refractivity contribution in [2.24, 2.45) is 0 Å². The van der Waals surface area contributed by atoms with E-state index < -0.39 is 0 Å². The van der Waals surface area contributed by atoms with Gasteiger partial charge in [-0.05, 0) is 19.4 Å². The van der Waals surface area contributed by atoms with Crippen LogP contribution in [0, 0.1) is 0 Å². The molecule has 2 heteroatoms. The molecule has 15 heavy (non-hydrogen) atoms. The second-order valence-electron chi connectivity index (χ2n) is 4.25. The zero-order valence-corrected chi connectivity index (χ0v) is 9.51. The van der Waals surface area contributed by atoms with Crippen LogP contribution in [-0.2, 0) is 9.47 Å². The lowest BCUT2D eigenvalue weighted by Crippen LogP contribution is -2.17. The van der Waals surface area contributed by atoms with E-state index in [1.165, 1.54) is 5.56 Å². The zero-order valence-electron chi connectivity index (χ0n) is 9.51. The van der Waals surface area contributed by atoms with Crippen molar-refractivity contribution >= 4 is 0 Å². The highest BCUT2D eigenvalue weighted by molar-refractivity contribution is 5.19. The summed E-state index contributed by atoms with van der Waals surface area (Å²) in [6.45, 7) is 6.26. The predicted molar refractivity (Wildman–Crippen MR) is 59.7 cm³/mol. The topological polar surface area (TPSA) is 18.5 Å². The number of ether oxygens (including phenoxy) is 2. The average Bonchev–Trinajstić information content (AvgIpc) is 2.59. The highest BCUT2D eigenvalue weighted by atomic mass is 16.7. The van der Waals surface area contributed by atoms with E-state index in [9.17, 15) is 0 Å². The van der Waals surface area contributed by atoms with Crippen LogP contribution in [0.1, 0.15) is 32.3 Å². The Morgan fingerprint density at radius 2 is 1.53 bits per heavy atom. The Kier molecular flexibility index (Phi) is 3.08. The Morgan fingerprint density at radius 1 is 1.00 bits per heavy atom. The van der Waals surface area contributed by atoms with Gasteiger partial charge < -0.3 is 9.47 Å². The minimum atomic E-state index is -0.0996. The van der Waals surface area contributed by atoms with E-state index in [2.05, 4.69) is 32.9 Å². The first-order valence-electron chi connectivity index (χ1n) is 5.54. The quantitative estimate of drug-likeness (QED) is 0.740. The highest BCUT2D eigenvalue weighted by Gasteiger charge is 2.33. The summed E-state index contributed by atoms with van der Waals surface area (Å²) in [5, 5.41) is 0. The van der Waals surface area contributed by atoms with Gasteiger partial charge in [0.15, 0.2) is 6.29 Å². The molecule has 1 fully saturated rings. The van der Waals surface area contributed by atoms with E-state index in [4.69, 9.17) is 9.47 Å². The molecule has 1 aliphatic heterocycles. The summed E-state index contributed by atoms with van der Waals surface area (Å²) < 4.78 is 11.5. The minimum absolute atomic E-state index is 0.0996. The maximum atomic E-state index is 5.77. The molecule has 0 aromatic heterocycles. The molecule has 1 unspecified atom stereocenters. The van der Waals surface area contributed by atoms with Crippen molar-refractivity contribution in [1.29, 1.82) is 0 Å². The third kappa shape index (κ3) is 2.21. The van der Waals surface area contributed by atoms with Gasteiger partial charge in [-0.25, -0.2) is 0 Å². The lowest BCUT2D eigenvalue weighted by Gasteiger charge is -2.18. The third-order valence-electron chi connectivity index (χ3n) is 3.09. The summed E-state index contributed by atoms with van der Waals surface area (Å²) in [6, 6.07) is 10.4. The molecular weight excluding hydrogens is 188 g/mol. The van der Waals surface area contributed by atoms with Crippen LogP contribution in [-0.4, -0.2) is 18.5 Å². The largest absolute Gasteiger partial charge is 0.346 e. The Morgan fingerprint density at radius 3 is 2.07 bits per heavy atom. The van der Waals surface area contributed by atoms with Crippen LogP contribution in [0.25, 0.3) is 0 Å². The Balaban J connectivity index is 2.07. The van der Waals surface area contributed by atoms with Gasteiger partial charge in [-0.1, -0.05) is 37.3 Å². The smallest absolute Gasteiger partial charge is 0.165 e. The molecule has 2 nitrogen and oxygen atoms in total. The number of rotatable bonds is 2. The van der Waals surface area contributed by atoms with Crippen molar-refractivity contribution in [2.45, 2.75) is 45.2 Å². The van der Waals surface area contributed by atoms with Gasteiger partial charge in [-0.2, -0.15) is 0 Å². The normalized spacial score (nSPS) is 32.9. The molecular formula is C13H18O2. The second kappa shape index (κ2) is 4.33. The van der Waals surface area contributed by atoms with Crippen LogP contribution in [0.2, 0.25) is 0 Å². The lowest BCUT2D eigenvalue weighted by molar-refractivity contribution is -0.0767. The maximum Gasteiger partial charge on any atom is 0.165 e. The zero-order chi connectivity index (χ0) is 10.8. The molecule has 0 saturated carbocycles. The number of hydrogen-bond donors (Lipinski definition) is 0. The Hall–Kier alpha value is -0.860. The molecule has 2 rings (SSSR count). The van der Waals surface area contributed by atoms with E-state index in [0.717, 1.165) is 0 Å². The van der Waals surface area contributed by atoms with Gasteiger partial charge in [0.05, 0.1) is 12.2 Å². The van der Waals surface area contributed by atoms with Crippen LogP contribution in [0.3, 0.4) is 0 Å². The van der Waals surface area contributed by atoms with Gasteiger partial charge in [0.25, 0.3) is 0 Å². The maximum absolute atomic E-state index is 5.77. The van der Waals surface area contributed by atoms with Gasteiger partial charge in [0, 0.05) is 5.92 Å². The molecule has 1 saturated heterocycles. The van der Waals surface area contributed by atoms with E-state index in [1.54, 1.807) is 0 Å². The first-order chi connectivity index (χ1) is 7.18. The summed E-state index contributed by atoms with van der Waals surface area (Å²) in [4.78, 5) is 0. The van der Waals surface area contributed by atoms with Crippen molar-refractivity contribution < 1.29 is 9.47 Å². The van der Waals surface area contributed by atoms with Crippen molar-refractivity contribution in [3.63, 3.8) is 0 Å². The van der Waals surface area contributed by atoms with Crippen molar-refractivity contribution in [2.75, 3.05) is 0 Å². The van der Waals surface area contributed by atoms with Crippen molar-refractivity contribution in [3.8, 4) is 0 Å². The molecule has 4 atom stereocenters. The summed E-state index contributed by atoms with van der Waals surface area (Å²) in [6.07, 6.45) is 0.291. The van der Waals surface area contributed by atoms with Gasteiger partial charge in [-0.3, -0.25) is 0 Å². The molecule has 0 radical (unpaired) electrons. The van der Waals surface area contributed by atoms with E-state index in [1.807, 2.05) is 18.2 Å². The second-order valence-corrected chi connectivity index (χ2v) is 4.25. The van der Waals surface area contributed by atoms with Gasteiger partial charge in [0.1, 0.15) is 0 Å². The first-order valence-corrected chi connectivity index (χ1v) is 5.54. The van der Waals surface area contributed by atoms with Crippen LogP contribution >= 0.6 is 0 Å². The van der Waals surface area contributed by atoms with E-state index >= 15 is 0 Å². The van der Waals surface area contributed by atoms with E-state index in [-0.39, 0.29) is 18.5 Å². The molecule has 0 amide bonds. The molecule has 82 valence electrons.